The molecule has 0 amide bonds. The average Bonchev–Trinajstić information content (AvgIpc) is 2.68. The Morgan fingerprint density at radius 2 is 1.50 bits per heavy atom. The third-order valence-electron chi connectivity index (χ3n) is 5.43. The normalized spacial score (nSPS) is 29.5. The first-order valence-electron chi connectivity index (χ1n) is 8.03. The molecule has 2 N–H and O–H groups in total. The van der Waals surface area contributed by atoms with Gasteiger partial charge >= 0.3 is 0 Å². The second-order valence-corrected chi connectivity index (χ2v) is 7.35. The van der Waals surface area contributed by atoms with E-state index < -0.39 is 0 Å². The monoisotopic (exact) mass is 252 g/mol. The Balaban J connectivity index is 2.06. The topological polar surface area (TPSA) is 29.3 Å². The third kappa shape index (κ3) is 3.27. The lowest BCUT2D eigenvalue weighted by Crippen LogP contribution is -2.54. The standard InChI is InChI=1S/C16H32N2/c1-15(2)8-7-12-18(13-11-15)16(14-17)9-5-3-4-6-10-16/h3-14,17H2,1-2H3. The van der Waals surface area contributed by atoms with E-state index in [1.165, 1.54) is 70.9 Å². The summed E-state index contributed by atoms with van der Waals surface area (Å²) in [5.41, 5.74) is 7.10. The molecule has 0 unspecified atom stereocenters. The van der Waals surface area contributed by atoms with Gasteiger partial charge in [0.05, 0.1) is 0 Å². The van der Waals surface area contributed by atoms with Crippen LogP contribution in [0.4, 0.5) is 0 Å². The van der Waals surface area contributed by atoms with Gasteiger partial charge in [-0.15, -0.1) is 0 Å². The van der Waals surface area contributed by atoms with E-state index in [0.717, 1.165) is 6.54 Å². The summed E-state index contributed by atoms with van der Waals surface area (Å²) in [6, 6.07) is 0. The van der Waals surface area contributed by atoms with Crippen molar-refractivity contribution in [3.05, 3.63) is 0 Å². The summed E-state index contributed by atoms with van der Waals surface area (Å²) in [6.07, 6.45) is 12.4. The highest BCUT2D eigenvalue weighted by atomic mass is 15.2. The lowest BCUT2D eigenvalue weighted by Gasteiger charge is -2.43. The largest absolute Gasteiger partial charge is 0.329 e. The summed E-state index contributed by atoms with van der Waals surface area (Å²) in [5.74, 6) is 0. The zero-order valence-corrected chi connectivity index (χ0v) is 12.5. The van der Waals surface area contributed by atoms with Crippen molar-refractivity contribution < 1.29 is 0 Å². The van der Waals surface area contributed by atoms with Crippen molar-refractivity contribution in [3.8, 4) is 0 Å². The highest BCUT2D eigenvalue weighted by Gasteiger charge is 2.37. The van der Waals surface area contributed by atoms with Crippen LogP contribution >= 0.6 is 0 Å². The molecular formula is C16H32N2. The lowest BCUT2D eigenvalue weighted by molar-refractivity contribution is 0.0785. The summed E-state index contributed by atoms with van der Waals surface area (Å²) in [5, 5.41) is 0. The van der Waals surface area contributed by atoms with E-state index in [4.69, 9.17) is 5.73 Å². The molecule has 1 heterocycles. The number of nitrogens with zero attached hydrogens (tertiary/aromatic N) is 1. The Kier molecular flexibility index (Phi) is 4.71. The van der Waals surface area contributed by atoms with Crippen LogP contribution < -0.4 is 5.73 Å². The van der Waals surface area contributed by atoms with E-state index in [9.17, 15) is 0 Å². The van der Waals surface area contributed by atoms with E-state index in [1.807, 2.05) is 0 Å². The van der Waals surface area contributed by atoms with Crippen LogP contribution in [0.15, 0.2) is 0 Å². The van der Waals surface area contributed by atoms with Crippen molar-refractivity contribution in [2.24, 2.45) is 11.1 Å². The van der Waals surface area contributed by atoms with Gasteiger partial charge in [-0.25, -0.2) is 0 Å². The lowest BCUT2D eigenvalue weighted by atomic mass is 9.85. The fraction of sp³-hybridized carbons (Fsp3) is 1.00. The highest BCUT2D eigenvalue weighted by Crippen LogP contribution is 2.37. The Hall–Kier alpha value is -0.0800. The molecule has 1 saturated heterocycles. The van der Waals surface area contributed by atoms with Crippen molar-refractivity contribution >= 4 is 0 Å². The van der Waals surface area contributed by atoms with E-state index in [2.05, 4.69) is 18.7 Å². The number of hydrogen-bond acceptors (Lipinski definition) is 2. The molecular weight excluding hydrogens is 220 g/mol. The van der Waals surface area contributed by atoms with Gasteiger partial charge < -0.3 is 5.73 Å². The summed E-state index contributed by atoms with van der Waals surface area (Å²) >= 11 is 0. The molecule has 0 aromatic carbocycles. The number of likely N-dealkylation sites (tertiary alicyclic amines) is 1. The molecule has 2 nitrogen and oxygen atoms in total. The molecule has 0 radical (unpaired) electrons. The Morgan fingerprint density at radius 1 is 0.833 bits per heavy atom. The molecule has 18 heavy (non-hydrogen) atoms. The van der Waals surface area contributed by atoms with E-state index in [1.54, 1.807) is 0 Å². The zero-order chi connectivity index (χ0) is 13.1. The first-order valence-corrected chi connectivity index (χ1v) is 8.03. The van der Waals surface area contributed by atoms with Gasteiger partial charge in [0.1, 0.15) is 0 Å². The van der Waals surface area contributed by atoms with Gasteiger partial charge in [-0.05, 0) is 50.6 Å². The molecule has 0 aromatic rings. The maximum Gasteiger partial charge on any atom is 0.0331 e. The Bertz CT molecular complexity index is 252. The maximum atomic E-state index is 6.22. The van der Waals surface area contributed by atoms with Gasteiger partial charge in [-0.1, -0.05) is 39.5 Å². The molecule has 0 spiro atoms. The van der Waals surface area contributed by atoms with Crippen molar-refractivity contribution in [2.45, 2.75) is 77.2 Å². The number of rotatable bonds is 2. The fourth-order valence-corrected chi connectivity index (χ4v) is 3.93. The number of nitrogens with two attached hydrogens (primary N) is 1. The number of hydrogen-bond donors (Lipinski definition) is 1. The summed E-state index contributed by atoms with van der Waals surface area (Å²) < 4.78 is 0. The SMILES string of the molecule is CC1(C)CCCN(C2(CN)CCCCCC2)CC1. The summed E-state index contributed by atoms with van der Waals surface area (Å²) in [7, 11) is 0. The molecule has 0 atom stereocenters. The van der Waals surface area contributed by atoms with Crippen LogP contribution in [-0.4, -0.2) is 30.1 Å². The minimum atomic E-state index is 0.344. The maximum absolute atomic E-state index is 6.22. The first kappa shape index (κ1) is 14.3. The quantitative estimate of drug-likeness (QED) is 0.762. The van der Waals surface area contributed by atoms with Gasteiger partial charge in [0.15, 0.2) is 0 Å². The molecule has 1 saturated carbocycles. The van der Waals surface area contributed by atoms with Gasteiger partial charge in [-0.3, -0.25) is 4.90 Å². The van der Waals surface area contributed by atoms with Crippen LogP contribution in [0.3, 0.4) is 0 Å². The molecule has 1 aliphatic heterocycles. The predicted octanol–water partition coefficient (Wildman–Crippen LogP) is 3.55. The second kappa shape index (κ2) is 5.92. The van der Waals surface area contributed by atoms with Crippen LogP contribution in [0.5, 0.6) is 0 Å². The zero-order valence-electron chi connectivity index (χ0n) is 12.5. The van der Waals surface area contributed by atoms with Gasteiger partial charge in [0.25, 0.3) is 0 Å². The molecule has 0 aromatic heterocycles. The van der Waals surface area contributed by atoms with Crippen molar-refractivity contribution in [3.63, 3.8) is 0 Å². The highest BCUT2D eigenvalue weighted by molar-refractivity contribution is 4.95. The molecule has 106 valence electrons. The summed E-state index contributed by atoms with van der Waals surface area (Å²) in [6.45, 7) is 8.27. The van der Waals surface area contributed by atoms with Crippen molar-refractivity contribution in [1.29, 1.82) is 0 Å². The van der Waals surface area contributed by atoms with Gasteiger partial charge in [0, 0.05) is 12.1 Å². The van der Waals surface area contributed by atoms with Gasteiger partial charge in [-0.2, -0.15) is 0 Å². The van der Waals surface area contributed by atoms with Crippen LogP contribution in [-0.2, 0) is 0 Å². The predicted molar refractivity (Wildman–Crippen MR) is 78.7 cm³/mol. The van der Waals surface area contributed by atoms with Crippen LogP contribution in [0.1, 0.15) is 71.6 Å². The molecule has 2 rings (SSSR count). The average molecular weight is 252 g/mol. The minimum Gasteiger partial charge on any atom is -0.329 e. The van der Waals surface area contributed by atoms with E-state index >= 15 is 0 Å². The fourth-order valence-electron chi connectivity index (χ4n) is 3.93. The third-order valence-corrected chi connectivity index (χ3v) is 5.43. The summed E-state index contributed by atoms with van der Waals surface area (Å²) in [4.78, 5) is 2.77. The Morgan fingerprint density at radius 3 is 2.11 bits per heavy atom. The van der Waals surface area contributed by atoms with Crippen molar-refractivity contribution in [2.75, 3.05) is 19.6 Å². The Labute approximate surface area is 113 Å². The molecule has 2 heteroatoms. The molecule has 1 aliphatic carbocycles. The molecule has 0 bridgehead atoms. The van der Waals surface area contributed by atoms with E-state index in [0.29, 0.717) is 11.0 Å². The molecule has 2 aliphatic rings. The smallest absolute Gasteiger partial charge is 0.0331 e. The minimum absolute atomic E-state index is 0.344. The second-order valence-electron chi connectivity index (χ2n) is 7.35. The molecule has 2 fully saturated rings. The van der Waals surface area contributed by atoms with Crippen LogP contribution in [0.25, 0.3) is 0 Å². The van der Waals surface area contributed by atoms with Crippen LogP contribution in [0.2, 0.25) is 0 Å². The first-order chi connectivity index (χ1) is 8.58. The van der Waals surface area contributed by atoms with Crippen molar-refractivity contribution in [1.82, 2.24) is 4.90 Å². The van der Waals surface area contributed by atoms with Crippen LogP contribution in [0, 0.1) is 5.41 Å². The van der Waals surface area contributed by atoms with Gasteiger partial charge in [0.2, 0.25) is 0 Å². The van der Waals surface area contributed by atoms with E-state index in [-0.39, 0.29) is 0 Å².